The van der Waals surface area contributed by atoms with Gasteiger partial charge < -0.3 is 10.1 Å². The van der Waals surface area contributed by atoms with Crippen molar-refractivity contribution < 1.29 is 4.74 Å². The topological polar surface area (TPSA) is 47.0 Å². The first-order valence-electron chi connectivity index (χ1n) is 6.66. The molecule has 1 N–H and O–H groups in total. The molecule has 1 unspecified atom stereocenters. The molecule has 4 nitrogen and oxygen atoms in total. The highest BCUT2D eigenvalue weighted by Gasteiger charge is 2.12. The number of nitrogens with one attached hydrogen (secondary N) is 1. The number of benzene rings is 1. The molecule has 2 rings (SSSR count). The van der Waals surface area contributed by atoms with Gasteiger partial charge in [-0.2, -0.15) is 0 Å². The summed E-state index contributed by atoms with van der Waals surface area (Å²) in [5.41, 5.74) is 1.02. The summed E-state index contributed by atoms with van der Waals surface area (Å²) < 4.78 is 5.80. The van der Waals surface area contributed by atoms with Crippen LogP contribution in [0.15, 0.2) is 43.0 Å². The van der Waals surface area contributed by atoms with Gasteiger partial charge in [0.15, 0.2) is 0 Å². The first-order valence-corrected chi connectivity index (χ1v) is 7.04. The SMILES string of the molecule is CCCNC(COc1ccc(Cl)cc1)c1cncnc1. The predicted octanol–water partition coefficient (Wildman–Crippen LogP) is 3.25. The molecule has 0 aliphatic rings. The second-order valence-electron chi connectivity index (χ2n) is 4.44. The molecule has 0 bridgehead atoms. The average Bonchev–Trinajstić information content (AvgIpc) is 2.50. The summed E-state index contributed by atoms with van der Waals surface area (Å²) in [5, 5.41) is 4.14. The van der Waals surface area contributed by atoms with Crippen molar-refractivity contribution >= 4 is 11.6 Å². The second kappa shape index (κ2) is 7.82. The van der Waals surface area contributed by atoms with Gasteiger partial charge in [0.25, 0.3) is 0 Å². The van der Waals surface area contributed by atoms with E-state index in [9.17, 15) is 0 Å². The average molecular weight is 292 g/mol. The molecular formula is C15H18ClN3O. The van der Waals surface area contributed by atoms with Gasteiger partial charge in [0.1, 0.15) is 18.7 Å². The van der Waals surface area contributed by atoms with Crippen LogP contribution in [0.1, 0.15) is 24.9 Å². The van der Waals surface area contributed by atoms with E-state index in [1.807, 2.05) is 36.7 Å². The summed E-state index contributed by atoms with van der Waals surface area (Å²) in [6.07, 6.45) is 6.21. The lowest BCUT2D eigenvalue weighted by Crippen LogP contribution is -2.27. The Kier molecular flexibility index (Phi) is 5.77. The van der Waals surface area contributed by atoms with E-state index in [1.165, 1.54) is 6.33 Å². The van der Waals surface area contributed by atoms with Crippen molar-refractivity contribution in [1.82, 2.24) is 15.3 Å². The number of hydrogen-bond donors (Lipinski definition) is 1. The molecule has 20 heavy (non-hydrogen) atoms. The molecule has 0 radical (unpaired) electrons. The highest BCUT2D eigenvalue weighted by atomic mass is 35.5. The third-order valence-electron chi connectivity index (χ3n) is 2.85. The number of nitrogens with zero attached hydrogens (tertiary/aromatic N) is 2. The molecule has 1 aromatic heterocycles. The van der Waals surface area contributed by atoms with E-state index in [4.69, 9.17) is 16.3 Å². The maximum Gasteiger partial charge on any atom is 0.119 e. The normalized spacial score (nSPS) is 12.1. The molecular weight excluding hydrogens is 274 g/mol. The van der Waals surface area contributed by atoms with E-state index in [0.29, 0.717) is 11.6 Å². The van der Waals surface area contributed by atoms with Crippen LogP contribution in [0.5, 0.6) is 5.75 Å². The maximum absolute atomic E-state index is 5.85. The van der Waals surface area contributed by atoms with Gasteiger partial charge in [-0.05, 0) is 37.2 Å². The molecule has 1 atom stereocenters. The molecule has 1 heterocycles. The van der Waals surface area contributed by atoms with E-state index >= 15 is 0 Å². The number of ether oxygens (including phenoxy) is 1. The van der Waals surface area contributed by atoms with Crippen molar-refractivity contribution in [3.63, 3.8) is 0 Å². The molecule has 0 aliphatic carbocycles. The highest BCUT2D eigenvalue weighted by Crippen LogP contribution is 2.18. The maximum atomic E-state index is 5.85. The summed E-state index contributed by atoms with van der Waals surface area (Å²) in [7, 11) is 0. The van der Waals surface area contributed by atoms with Crippen LogP contribution in [0.3, 0.4) is 0 Å². The van der Waals surface area contributed by atoms with Gasteiger partial charge >= 0.3 is 0 Å². The van der Waals surface area contributed by atoms with Crippen molar-refractivity contribution in [2.75, 3.05) is 13.2 Å². The number of halogens is 1. The fourth-order valence-corrected chi connectivity index (χ4v) is 1.92. The standard InChI is InChI=1S/C15H18ClN3O/c1-2-7-19-15(12-8-17-11-18-9-12)10-20-14-5-3-13(16)4-6-14/h3-6,8-9,11,15,19H,2,7,10H2,1H3. The number of hydrogen-bond acceptors (Lipinski definition) is 4. The summed E-state index contributed by atoms with van der Waals surface area (Å²) >= 11 is 5.85. The minimum atomic E-state index is 0.0758. The molecule has 0 saturated carbocycles. The van der Waals surface area contributed by atoms with Crippen LogP contribution in [0.4, 0.5) is 0 Å². The Morgan fingerprint density at radius 1 is 1.20 bits per heavy atom. The van der Waals surface area contributed by atoms with Gasteiger partial charge in [0, 0.05) is 23.0 Å². The summed E-state index contributed by atoms with van der Waals surface area (Å²) in [6, 6.07) is 7.43. The Hall–Kier alpha value is -1.65. The molecule has 1 aromatic carbocycles. The zero-order valence-electron chi connectivity index (χ0n) is 11.4. The Balaban J connectivity index is 1.99. The van der Waals surface area contributed by atoms with Crippen LogP contribution in [-0.2, 0) is 0 Å². The molecule has 0 aliphatic heterocycles. The minimum Gasteiger partial charge on any atom is -0.492 e. The Bertz CT molecular complexity index is 504. The molecule has 0 fully saturated rings. The fraction of sp³-hybridized carbons (Fsp3) is 0.333. The number of rotatable bonds is 7. The lowest BCUT2D eigenvalue weighted by molar-refractivity contribution is 0.266. The fourth-order valence-electron chi connectivity index (χ4n) is 1.79. The van der Waals surface area contributed by atoms with Crippen molar-refractivity contribution in [2.24, 2.45) is 0 Å². The predicted molar refractivity (Wildman–Crippen MR) is 80.0 cm³/mol. The van der Waals surface area contributed by atoms with Crippen LogP contribution < -0.4 is 10.1 Å². The largest absolute Gasteiger partial charge is 0.492 e. The monoisotopic (exact) mass is 291 g/mol. The van der Waals surface area contributed by atoms with Crippen LogP contribution in [0.25, 0.3) is 0 Å². The Labute approximate surface area is 124 Å². The Morgan fingerprint density at radius 2 is 1.90 bits per heavy atom. The quantitative estimate of drug-likeness (QED) is 0.851. The van der Waals surface area contributed by atoms with Crippen LogP contribution in [-0.4, -0.2) is 23.1 Å². The lowest BCUT2D eigenvalue weighted by Gasteiger charge is -2.19. The van der Waals surface area contributed by atoms with E-state index in [-0.39, 0.29) is 6.04 Å². The molecule has 106 valence electrons. The lowest BCUT2D eigenvalue weighted by atomic mass is 10.1. The summed E-state index contributed by atoms with van der Waals surface area (Å²) in [5.74, 6) is 0.801. The smallest absolute Gasteiger partial charge is 0.119 e. The van der Waals surface area contributed by atoms with E-state index in [1.54, 1.807) is 0 Å². The zero-order valence-corrected chi connectivity index (χ0v) is 12.2. The van der Waals surface area contributed by atoms with Gasteiger partial charge in [0.2, 0.25) is 0 Å². The van der Waals surface area contributed by atoms with Gasteiger partial charge in [-0.15, -0.1) is 0 Å². The summed E-state index contributed by atoms with van der Waals surface area (Å²) in [6.45, 7) is 3.57. The third-order valence-corrected chi connectivity index (χ3v) is 3.11. The molecule has 0 amide bonds. The van der Waals surface area contributed by atoms with Gasteiger partial charge in [-0.25, -0.2) is 9.97 Å². The Morgan fingerprint density at radius 3 is 2.55 bits per heavy atom. The van der Waals surface area contributed by atoms with Crippen molar-refractivity contribution in [2.45, 2.75) is 19.4 Å². The van der Waals surface area contributed by atoms with Crippen molar-refractivity contribution in [3.05, 3.63) is 53.6 Å². The molecule has 0 spiro atoms. The molecule has 2 aromatic rings. The van der Waals surface area contributed by atoms with Crippen LogP contribution in [0, 0.1) is 0 Å². The second-order valence-corrected chi connectivity index (χ2v) is 4.88. The van der Waals surface area contributed by atoms with Crippen molar-refractivity contribution in [3.8, 4) is 5.75 Å². The number of aromatic nitrogens is 2. The first-order chi connectivity index (χ1) is 9.79. The van der Waals surface area contributed by atoms with E-state index in [0.717, 1.165) is 24.3 Å². The van der Waals surface area contributed by atoms with Gasteiger partial charge in [-0.3, -0.25) is 0 Å². The van der Waals surface area contributed by atoms with Gasteiger partial charge in [0.05, 0.1) is 6.04 Å². The summed E-state index contributed by atoms with van der Waals surface area (Å²) in [4.78, 5) is 8.11. The van der Waals surface area contributed by atoms with Crippen LogP contribution in [0.2, 0.25) is 5.02 Å². The molecule has 0 saturated heterocycles. The van der Waals surface area contributed by atoms with E-state index in [2.05, 4.69) is 22.2 Å². The highest BCUT2D eigenvalue weighted by molar-refractivity contribution is 6.30. The van der Waals surface area contributed by atoms with Crippen molar-refractivity contribution in [1.29, 1.82) is 0 Å². The zero-order chi connectivity index (χ0) is 14.2. The third kappa shape index (κ3) is 4.47. The van der Waals surface area contributed by atoms with E-state index < -0.39 is 0 Å². The first kappa shape index (κ1) is 14.8. The van der Waals surface area contributed by atoms with Crippen LogP contribution >= 0.6 is 11.6 Å². The minimum absolute atomic E-state index is 0.0758. The molecule has 5 heteroatoms. The van der Waals surface area contributed by atoms with Gasteiger partial charge in [-0.1, -0.05) is 18.5 Å².